The molecule has 0 saturated heterocycles. The van der Waals surface area contributed by atoms with Crippen molar-refractivity contribution in [3.05, 3.63) is 29.7 Å². The number of nitrogens with one attached hydrogen (secondary N) is 1. The number of aromatic nitrogens is 4. The maximum Gasteiger partial charge on any atom is 0.134 e. The molecule has 6 nitrogen and oxygen atoms in total. The van der Waals surface area contributed by atoms with Crippen LogP contribution in [0.5, 0.6) is 0 Å². The van der Waals surface area contributed by atoms with Gasteiger partial charge in [-0.15, -0.1) is 0 Å². The largest absolute Gasteiger partial charge is 0.389 e. The summed E-state index contributed by atoms with van der Waals surface area (Å²) in [6, 6.07) is 1.92. The van der Waals surface area contributed by atoms with Gasteiger partial charge in [-0.05, 0) is 19.4 Å². The summed E-state index contributed by atoms with van der Waals surface area (Å²) in [7, 11) is 1.88. The molecule has 0 bridgehead atoms. The summed E-state index contributed by atoms with van der Waals surface area (Å²) >= 11 is 5.06. The second kappa shape index (κ2) is 5.83. The average Bonchev–Trinajstić information content (AvgIpc) is 2.93. The third-order valence-corrected chi connectivity index (χ3v) is 3.09. The summed E-state index contributed by atoms with van der Waals surface area (Å²) in [5, 5.41) is 11.8. The Morgan fingerprint density at radius 2 is 2.32 bits per heavy atom. The first-order chi connectivity index (χ1) is 9.09. The van der Waals surface area contributed by atoms with Gasteiger partial charge in [0.1, 0.15) is 10.8 Å². The molecule has 102 valence electrons. The zero-order valence-electron chi connectivity index (χ0n) is 11.1. The van der Waals surface area contributed by atoms with E-state index in [9.17, 15) is 0 Å². The van der Waals surface area contributed by atoms with Gasteiger partial charge in [0.2, 0.25) is 0 Å². The van der Waals surface area contributed by atoms with Gasteiger partial charge in [-0.2, -0.15) is 10.2 Å². The Morgan fingerprint density at radius 1 is 1.53 bits per heavy atom. The van der Waals surface area contributed by atoms with Crippen molar-refractivity contribution in [2.24, 2.45) is 12.8 Å². The summed E-state index contributed by atoms with van der Waals surface area (Å²) in [6.45, 7) is 3.59. The molecule has 19 heavy (non-hydrogen) atoms. The van der Waals surface area contributed by atoms with Gasteiger partial charge >= 0.3 is 0 Å². The van der Waals surface area contributed by atoms with Crippen molar-refractivity contribution in [1.29, 1.82) is 0 Å². The Morgan fingerprint density at radius 3 is 2.95 bits per heavy atom. The zero-order valence-corrected chi connectivity index (χ0v) is 11.9. The number of thiocarbonyl (C=S) groups is 1. The molecular weight excluding hydrogens is 260 g/mol. The first kappa shape index (κ1) is 13.5. The lowest BCUT2D eigenvalue weighted by molar-refractivity contribution is 0.590. The van der Waals surface area contributed by atoms with Gasteiger partial charge in [0.15, 0.2) is 0 Å². The number of anilines is 1. The van der Waals surface area contributed by atoms with E-state index in [-0.39, 0.29) is 0 Å². The Labute approximate surface area is 117 Å². The van der Waals surface area contributed by atoms with Crippen LogP contribution < -0.4 is 11.1 Å². The van der Waals surface area contributed by atoms with Crippen LogP contribution in [-0.2, 0) is 13.6 Å². The summed E-state index contributed by atoms with van der Waals surface area (Å²) in [5.74, 6) is 0.880. The predicted octanol–water partition coefficient (Wildman–Crippen LogP) is 1.06. The van der Waals surface area contributed by atoms with Crippen molar-refractivity contribution >= 4 is 23.0 Å². The minimum absolute atomic E-state index is 0.375. The molecule has 0 radical (unpaired) electrons. The lowest BCUT2D eigenvalue weighted by Crippen LogP contribution is -2.16. The van der Waals surface area contributed by atoms with E-state index in [2.05, 4.69) is 15.5 Å². The molecule has 0 aliphatic rings. The van der Waals surface area contributed by atoms with Crippen LogP contribution in [0.25, 0.3) is 0 Å². The molecule has 2 heterocycles. The van der Waals surface area contributed by atoms with E-state index >= 15 is 0 Å². The van der Waals surface area contributed by atoms with Gasteiger partial charge in [0, 0.05) is 32.5 Å². The molecule has 7 heteroatoms. The molecule has 0 unspecified atom stereocenters. The summed E-state index contributed by atoms with van der Waals surface area (Å²) in [6.07, 6.45) is 4.69. The van der Waals surface area contributed by atoms with Crippen molar-refractivity contribution in [2.45, 2.75) is 19.9 Å². The number of aryl methyl sites for hydroxylation is 3. The van der Waals surface area contributed by atoms with Gasteiger partial charge in [-0.1, -0.05) is 12.2 Å². The maximum absolute atomic E-state index is 5.73. The van der Waals surface area contributed by atoms with Crippen LogP contribution in [0.1, 0.15) is 17.7 Å². The highest BCUT2D eigenvalue weighted by molar-refractivity contribution is 7.80. The second-order valence-corrected chi connectivity index (χ2v) is 4.79. The van der Waals surface area contributed by atoms with E-state index in [0.717, 1.165) is 36.6 Å². The fourth-order valence-electron chi connectivity index (χ4n) is 2.04. The molecular formula is C12H18N6S. The van der Waals surface area contributed by atoms with Crippen LogP contribution in [-0.4, -0.2) is 31.1 Å². The third-order valence-electron chi connectivity index (χ3n) is 2.88. The van der Waals surface area contributed by atoms with E-state index in [1.165, 1.54) is 0 Å². The van der Waals surface area contributed by atoms with Crippen molar-refractivity contribution < 1.29 is 0 Å². The number of rotatable bonds is 6. The van der Waals surface area contributed by atoms with Crippen LogP contribution in [0, 0.1) is 6.92 Å². The molecule has 0 fully saturated rings. The van der Waals surface area contributed by atoms with Gasteiger partial charge in [0.05, 0.1) is 11.3 Å². The van der Waals surface area contributed by atoms with Gasteiger partial charge in [-0.3, -0.25) is 9.36 Å². The Hall–Kier alpha value is -1.89. The van der Waals surface area contributed by atoms with E-state index in [0.29, 0.717) is 4.99 Å². The topological polar surface area (TPSA) is 73.7 Å². The van der Waals surface area contributed by atoms with Crippen molar-refractivity contribution in [3.8, 4) is 0 Å². The second-order valence-electron chi connectivity index (χ2n) is 4.35. The Kier molecular flexibility index (Phi) is 4.16. The molecule has 0 spiro atoms. The van der Waals surface area contributed by atoms with Gasteiger partial charge in [0.25, 0.3) is 0 Å². The highest BCUT2D eigenvalue weighted by Gasteiger charge is 2.14. The molecule has 0 aromatic carbocycles. The molecule has 3 N–H and O–H groups in total. The SMILES string of the molecule is Cc1nn(C)c(NCCCn2cccn2)c1C(N)=S. The van der Waals surface area contributed by atoms with Gasteiger partial charge in [-0.25, -0.2) is 0 Å². The fourth-order valence-corrected chi connectivity index (χ4v) is 2.28. The first-order valence-corrected chi connectivity index (χ1v) is 6.55. The smallest absolute Gasteiger partial charge is 0.134 e. The third kappa shape index (κ3) is 3.11. The molecule has 2 aromatic rings. The monoisotopic (exact) mass is 278 g/mol. The van der Waals surface area contributed by atoms with Gasteiger partial charge < -0.3 is 11.1 Å². The van der Waals surface area contributed by atoms with Crippen molar-refractivity contribution in [2.75, 3.05) is 11.9 Å². The molecule has 2 rings (SSSR count). The summed E-state index contributed by atoms with van der Waals surface area (Å²) in [5.41, 5.74) is 7.42. The Balaban J connectivity index is 1.94. The van der Waals surface area contributed by atoms with E-state index in [1.54, 1.807) is 10.9 Å². The quantitative estimate of drug-likeness (QED) is 0.610. The highest BCUT2D eigenvalue weighted by Crippen LogP contribution is 2.18. The van der Waals surface area contributed by atoms with E-state index < -0.39 is 0 Å². The minimum Gasteiger partial charge on any atom is -0.389 e. The van der Waals surface area contributed by atoms with Crippen molar-refractivity contribution in [1.82, 2.24) is 19.6 Å². The normalized spacial score (nSPS) is 10.6. The first-order valence-electron chi connectivity index (χ1n) is 6.14. The van der Waals surface area contributed by atoms with Crippen LogP contribution >= 0.6 is 12.2 Å². The molecule has 0 aliphatic heterocycles. The molecule has 0 saturated carbocycles. The van der Waals surface area contributed by atoms with Crippen LogP contribution in [0.15, 0.2) is 18.5 Å². The zero-order chi connectivity index (χ0) is 13.8. The standard InChI is InChI=1S/C12H18N6S/c1-9-10(11(13)19)12(17(2)16-9)14-5-3-7-18-8-4-6-15-18/h4,6,8,14H,3,5,7H2,1-2H3,(H2,13,19). The van der Waals surface area contributed by atoms with E-state index in [4.69, 9.17) is 18.0 Å². The van der Waals surface area contributed by atoms with Crippen LogP contribution in [0.2, 0.25) is 0 Å². The summed E-state index contributed by atoms with van der Waals surface area (Å²) in [4.78, 5) is 0.375. The summed E-state index contributed by atoms with van der Waals surface area (Å²) < 4.78 is 3.68. The van der Waals surface area contributed by atoms with E-state index in [1.807, 2.05) is 30.9 Å². The number of hydrogen-bond donors (Lipinski definition) is 2. The van der Waals surface area contributed by atoms with Crippen molar-refractivity contribution in [3.63, 3.8) is 0 Å². The lowest BCUT2D eigenvalue weighted by atomic mass is 10.2. The molecule has 0 atom stereocenters. The van der Waals surface area contributed by atoms with Crippen LogP contribution in [0.4, 0.5) is 5.82 Å². The Bertz CT molecular complexity index is 557. The highest BCUT2D eigenvalue weighted by atomic mass is 32.1. The average molecular weight is 278 g/mol. The lowest BCUT2D eigenvalue weighted by Gasteiger charge is -2.09. The van der Waals surface area contributed by atoms with Crippen LogP contribution in [0.3, 0.4) is 0 Å². The number of nitrogens with zero attached hydrogens (tertiary/aromatic N) is 4. The molecule has 0 amide bonds. The number of hydrogen-bond acceptors (Lipinski definition) is 4. The molecule has 0 aliphatic carbocycles. The molecule has 2 aromatic heterocycles. The predicted molar refractivity (Wildman–Crippen MR) is 79.2 cm³/mol. The fraction of sp³-hybridized carbons (Fsp3) is 0.417. The number of nitrogens with two attached hydrogens (primary N) is 1. The minimum atomic E-state index is 0.375. The maximum atomic E-state index is 5.73.